The van der Waals surface area contributed by atoms with Crippen molar-refractivity contribution >= 4 is 16.8 Å². The normalized spacial score (nSPS) is 11.8. The van der Waals surface area contributed by atoms with Crippen LogP contribution in [0.5, 0.6) is 0 Å². The number of aromatic nitrogens is 2. The van der Waals surface area contributed by atoms with Gasteiger partial charge in [0.15, 0.2) is 5.69 Å². The van der Waals surface area contributed by atoms with Crippen molar-refractivity contribution in [1.82, 2.24) is 15.5 Å². The number of nitrogens with one attached hydrogen (secondary N) is 2. The number of halogens is 3. The first-order valence-electron chi connectivity index (χ1n) is 5.16. The minimum Gasteiger partial charge on any atom is -0.342 e. The van der Waals surface area contributed by atoms with E-state index >= 15 is 0 Å². The number of benzene rings is 1. The molecule has 2 N–H and O–H groups in total. The molecule has 2 rings (SSSR count). The van der Waals surface area contributed by atoms with Crippen LogP contribution in [-0.2, 0) is 0 Å². The molecule has 0 radical (unpaired) electrons. The van der Waals surface area contributed by atoms with Crippen LogP contribution in [0.15, 0.2) is 18.2 Å². The molecule has 96 valence electrons. The number of H-pyrrole nitrogens is 1. The second-order valence-corrected chi connectivity index (χ2v) is 3.92. The smallest absolute Gasteiger partial charge is 0.342 e. The van der Waals surface area contributed by atoms with Crippen LogP contribution in [0.1, 0.15) is 16.1 Å². The Morgan fingerprint density at radius 3 is 2.83 bits per heavy atom. The Morgan fingerprint density at radius 2 is 2.17 bits per heavy atom. The highest BCUT2D eigenvalue weighted by Crippen LogP contribution is 2.18. The molecule has 1 aromatic heterocycles. The Balaban J connectivity index is 2.25. The van der Waals surface area contributed by atoms with Crippen LogP contribution in [0.2, 0.25) is 0 Å². The molecule has 0 bridgehead atoms. The molecule has 1 heterocycles. The number of aryl methyl sites for hydroxylation is 1. The topological polar surface area (TPSA) is 57.8 Å². The highest BCUT2D eigenvalue weighted by atomic mass is 19.4. The highest BCUT2D eigenvalue weighted by Gasteiger charge is 2.28. The molecule has 18 heavy (non-hydrogen) atoms. The average Bonchev–Trinajstić information content (AvgIpc) is 2.67. The van der Waals surface area contributed by atoms with E-state index in [0.717, 1.165) is 5.56 Å². The molecular weight excluding hydrogens is 247 g/mol. The molecule has 4 nitrogen and oxygen atoms in total. The Bertz CT molecular complexity index is 589. The van der Waals surface area contributed by atoms with Gasteiger partial charge in [-0.25, -0.2) is 0 Å². The third-order valence-electron chi connectivity index (χ3n) is 2.38. The van der Waals surface area contributed by atoms with Crippen LogP contribution in [0, 0.1) is 6.92 Å². The van der Waals surface area contributed by atoms with Gasteiger partial charge in [0.05, 0.1) is 5.52 Å². The number of alkyl halides is 3. The SMILES string of the molecule is Cc1ccc2[nH]nc(C(=O)NCC(F)(F)F)c2c1. The number of carbonyl (C=O) groups excluding carboxylic acids is 1. The van der Waals surface area contributed by atoms with E-state index in [1.807, 2.05) is 13.0 Å². The Kier molecular flexibility index (Phi) is 2.98. The molecule has 0 spiro atoms. The average molecular weight is 257 g/mol. The zero-order chi connectivity index (χ0) is 13.3. The maximum atomic E-state index is 12.0. The van der Waals surface area contributed by atoms with Gasteiger partial charge in [-0.1, -0.05) is 11.6 Å². The predicted molar refractivity (Wildman–Crippen MR) is 59.2 cm³/mol. The largest absolute Gasteiger partial charge is 0.405 e. The summed E-state index contributed by atoms with van der Waals surface area (Å²) in [5, 5.41) is 8.63. The summed E-state index contributed by atoms with van der Waals surface area (Å²) in [5.41, 5.74) is 1.48. The fourth-order valence-electron chi connectivity index (χ4n) is 1.57. The number of nitrogens with zero attached hydrogens (tertiary/aromatic N) is 1. The van der Waals surface area contributed by atoms with E-state index in [4.69, 9.17) is 0 Å². The zero-order valence-corrected chi connectivity index (χ0v) is 9.43. The second kappa shape index (κ2) is 4.32. The van der Waals surface area contributed by atoms with Crippen LogP contribution >= 0.6 is 0 Å². The van der Waals surface area contributed by atoms with E-state index in [9.17, 15) is 18.0 Å². The minimum absolute atomic E-state index is 0.0297. The lowest BCUT2D eigenvalue weighted by Gasteiger charge is -2.06. The van der Waals surface area contributed by atoms with Crippen LogP contribution in [0.3, 0.4) is 0 Å². The van der Waals surface area contributed by atoms with Crippen molar-refractivity contribution in [2.75, 3.05) is 6.54 Å². The number of aromatic amines is 1. The summed E-state index contributed by atoms with van der Waals surface area (Å²) in [6.07, 6.45) is -4.43. The van der Waals surface area contributed by atoms with Gasteiger partial charge in [-0.2, -0.15) is 18.3 Å². The molecule has 0 atom stereocenters. The van der Waals surface area contributed by atoms with Crippen molar-refractivity contribution < 1.29 is 18.0 Å². The van der Waals surface area contributed by atoms with E-state index in [1.165, 1.54) is 0 Å². The number of rotatable bonds is 2. The standard InChI is InChI=1S/C11H10F3N3O/c1-6-2-3-8-7(4-6)9(17-16-8)10(18)15-5-11(12,13)14/h2-4H,5H2,1H3,(H,15,18)(H,16,17). The van der Waals surface area contributed by atoms with Gasteiger partial charge < -0.3 is 5.32 Å². The van der Waals surface area contributed by atoms with Crippen molar-refractivity contribution in [3.05, 3.63) is 29.5 Å². The molecule has 7 heteroatoms. The van der Waals surface area contributed by atoms with Gasteiger partial charge >= 0.3 is 6.18 Å². The van der Waals surface area contributed by atoms with Crippen molar-refractivity contribution in [2.45, 2.75) is 13.1 Å². The quantitative estimate of drug-likeness (QED) is 0.866. The number of fused-ring (bicyclic) bond motifs is 1. The summed E-state index contributed by atoms with van der Waals surface area (Å²) in [5.74, 6) is -0.843. The highest BCUT2D eigenvalue weighted by molar-refractivity contribution is 6.04. The van der Waals surface area contributed by atoms with Crippen LogP contribution in [-0.4, -0.2) is 28.8 Å². The van der Waals surface area contributed by atoms with Crippen LogP contribution in [0.25, 0.3) is 10.9 Å². The first-order valence-corrected chi connectivity index (χ1v) is 5.16. The molecular formula is C11H10F3N3O. The van der Waals surface area contributed by atoms with Crippen molar-refractivity contribution in [2.24, 2.45) is 0 Å². The van der Waals surface area contributed by atoms with Crippen molar-refractivity contribution in [1.29, 1.82) is 0 Å². The Hall–Kier alpha value is -2.05. The number of hydrogen-bond acceptors (Lipinski definition) is 2. The molecule has 2 aromatic rings. The summed E-state index contributed by atoms with van der Waals surface area (Å²) in [7, 11) is 0. The van der Waals surface area contributed by atoms with Crippen molar-refractivity contribution in [3.8, 4) is 0 Å². The molecule has 0 fully saturated rings. The summed E-state index contributed by atoms with van der Waals surface area (Å²) >= 11 is 0. The molecule has 0 aliphatic carbocycles. The van der Waals surface area contributed by atoms with E-state index in [2.05, 4.69) is 10.2 Å². The lowest BCUT2D eigenvalue weighted by atomic mass is 10.1. The molecule has 1 aromatic carbocycles. The number of carbonyl (C=O) groups is 1. The summed E-state index contributed by atoms with van der Waals surface area (Å²) in [6, 6.07) is 5.23. The third-order valence-corrected chi connectivity index (χ3v) is 2.38. The summed E-state index contributed by atoms with van der Waals surface area (Å²) in [4.78, 5) is 11.6. The van der Waals surface area contributed by atoms with Gasteiger partial charge in [0, 0.05) is 5.39 Å². The van der Waals surface area contributed by atoms with E-state index in [1.54, 1.807) is 17.4 Å². The van der Waals surface area contributed by atoms with Gasteiger partial charge in [-0.15, -0.1) is 0 Å². The van der Waals surface area contributed by atoms with E-state index in [-0.39, 0.29) is 5.69 Å². The maximum Gasteiger partial charge on any atom is 0.405 e. The summed E-state index contributed by atoms with van der Waals surface area (Å²) in [6.45, 7) is 0.454. The molecule has 0 saturated carbocycles. The fourth-order valence-corrected chi connectivity index (χ4v) is 1.57. The lowest BCUT2D eigenvalue weighted by molar-refractivity contribution is -0.123. The van der Waals surface area contributed by atoms with Gasteiger partial charge in [-0.05, 0) is 19.1 Å². The number of amides is 1. The van der Waals surface area contributed by atoms with E-state index < -0.39 is 18.6 Å². The first-order chi connectivity index (χ1) is 8.37. The van der Waals surface area contributed by atoms with Gasteiger partial charge in [-0.3, -0.25) is 9.89 Å². The molecule has 0 saturated heterocycles. The van der Waals surface area contributed by atoms with Gasteiger partial charge in [0.2, 0.25) is 0 Å². The van der Waals surface area contributed by atoms with Gasteiger partial charge in [0.25, 0.3) is 5.91 Å². The monoisotopic (exact) mass is 257 g/mol. The third kappa shape index (κ3) is 2.61. The molecule has 0 aliphatic rings. The van der Waals surface area contributed by atoms with E-state index in [0.29, 0.717) is 10.9 Å². The zero-order valence-electron chi connectivity index (χ0n) is 9.43. The molecule has 0 aliphatic heterocycles. The van der Waals surface area contributed by atoms with Crippen LogP contribution < -0.4 is 5.32 Å². The molecule has 0 unspecified atom stereocenters. The Labute approximate surface area is 100 Å². The fraction of sp³-hybridized carbons (Fsp3) is 0.273. The first kappa shape index (κ1) is 12.4. The lowest BCUT2D eigenvalue weighted by Crippen LogP contribution is -2.34. The van der Waals surface area contributed by atoms with Crippen LogP contribution in [0.4, 0.5) is 13.2 Å². The summed E-state index contributed by atoms with van der Waals surface area (Å²) < 4.78 is 36.0. The minimum atomic E-state index is -4.43. The predicted octanol–water partition coefficient (Wildman–Crippen LogP) is 2.16. The number of hydrogen-bond donors (Lipinski definition) is 2. The van der Waals surface area contributed by atoms with Crippen molar-refractivity contribution in [3.63, 3.8) is 0 Å². The Morgan fingerprint density at radius 1 is 1.44 bits per heavy atom. The van der Waals surface area contributed by atoms with Gasteiger partial charge in [0.1, 0.15) is 6.54 Å². The second-order valence-electron chi connectivity index (χ2n) is 3.92. The maximum absolute atomic E-state index is 12.0. The molecule has 1 amide bonds.